The fraction of sp³-hybridized carbons (Fsp3) is 0. The van der Waals surface area contributed by atoms with Gasteiger partial charge in [-0.1, -0.05) is 6.07 Å². The maximum Gasteiger partial charge on any atom is 0.239 e. The van der Waals surface area contributed by atoms with Crippen LogP contribution in [0.25, 0.3) is 11.4 Å². The van der Waals surface area contributed by atoms with Crippen molar-refractivity contribution in [2.75, 3.05) is 11.5 Å². The molecule has 0 bridgehead atoms. The Morgan fingerprint density at radius 3 is 2.64 bits per heavy atom. The van der Waals surface area contributed by atoms with E-state index in [1.807, 2.05) is 0 Å². The highest BCUT2D eigenvalue weighted by Crippen LogP contribution is 2.25. The first-order valence-electron chi connectivity index (χ1n) is 3.90. The summed E-state index contributed by atoms with van der Waals surface area (Å²) in [6, 6.07) is 4.40. The number of anilines is 2. The molecule has 2 rings (SSSR count). The van der Waals surface area contributed by atoms with E-state index in [1.165, 1.54) is 12.1 Å². The summed E-state index contributed by atoms with van der Waals surface area (Å²) in [5.74, 6) is -0.165. The Hall–Kier alpha value is -2.11. The molecule has 5 nitrogen and oxygen atoms in total. The van der Waals surface area contributed by atoms with Gasteiger partial charge in [0.2, 0.25) is 5.95 Å². The lowest BCUT2D eigenvalue weighted by Gasteiger charge is -2.01. The van der Waals surface area contributed by atoms with E-state index in [0.717, 1.165) is 0 Å². The molecule has 0 aliphatic carbocycles. The smallest absolute Gasteiger partial charge is 0.239 e. The minimum absolute atomic E-state index is 0.0580. The number of hydrogen-bond donors (Lipinski definition) is 3. The molecule has 0 amide bonds. The molecule has 2 aromatic rings. The van der Waals surface area contributed by atoms with Crippen LogP contribution in [0.4, 0.5) is 16.0 Å². The molecule has 1 aromatic heterocycles. The summed E-state index contributed by atoms with van der Waals surface area (Å²) in [6.07, 6.45) is 0. The normalized spacial score (nSPS) is 10.4. The summed E-state index contributed by atoms with van der Waals surface area (Å²) < 4.78 is 13.3. The van der Waals surface area contributed by atoms with E-state index in [-0.39, 0.29) is 17.3 Å². The second-order valence-corrected chi connectivity index (χ2v) is 2.75. The fourth-order valence-corrected chi connectivity index (χ4v) is 1.18. The molecule has 1 aromatic carbocycles. The molecule has 1 heterocycles. The molecule has 0 atom stereocenters. The number of nitrogens with two attached hydrogens (primary N) is 2. The lowest BCUT2D eigenvalue weighted by molar-refractivity contribution is 0.630. The molecule has 0 saturated carbocycles. The molecule has 5 N–H and O–H groups in total. The number of nitrogen functional groups attached to an aromatic ring is 2. The van der Waals surface area contributed by atoms with E-state index in [9.17, 15) is 4.39 Å². The zero-order valence-corrected chi connectivity index (χ0v) is 7.16. The van der Waals surface area contributed by atoms with Crippen LogP contribution in [0.15, 0.2) is 18.2 Å². The Balaban J connectivity index is 2.61. The zero-order valence-electron chi connectivity index (χ0n) is 7.16. The van der Waals surface area contributed by atoms with Gasteiger partial charge < -0.3 is 11.5 Å². The van der Waals surface area contributed by atoms with Crippen molar-refractivity contribution in [1.29, 1.82) is 0 Å². The van der Waals surface area contributed by atoms with Gasteiger partial charge in [0.25, 0.3) is 0 Å². The number of aromatic nitrogens is 3. The second-order valence-electron chi connectivity index (χ2n) is 2.75. The molecule has 0 aliphatic rings. The van der Waals surface area contributed by atoms with Gasteiger partial charge in [-0.2, -0.15) is 4.98 Å². The average molecular weight is 193 g/mol. The Kier molecular flexibility index (Phi) is 1.81. The van der Waals surface area contributed by atoms with Crippen molar-refractivity contribution in [3.8, 4) is 11.4 Å². The predicted molar refractivity (Wildman–Crippen MR) is 50.6 cm³/mol. The third-order valence-electron chi connectivity index (χ3n) is 1.79. The third-order valence-corrected chi connectivity index (χ3v) is 1.79. The van der Waals surface area contributed by atoms with Crippen LogP contribution < -0.4 is 11.5 Å². The highest BCUT2D eigenvalue weighted by atomic mass is 19.1. The molecule has 0 unspecified atom stereocenters. The topological polar surface area (TPSA) is 93.6 Å². The maximum absolute atomic E-state index is 13.3. The molecule has 0 spiro atoms. The van der Waals surface area contributed by atoms with Gasteiger partial charge in [-0.05, 0) is 12.1 Å². The lowest BCUT2D eigenvalue weighted by atomic mass is 10.1. The summed E-state index contributed by atoms with van der Waals surface area (Å²) in [7, 11) is 0. The number of nitrogens with one attached hydrogen (secondary N) is 1. The fourth-order valence-electron chi connectivity index (χ4n) is 1.18. The van der Waals surface area contributed by atoms with Crippen LogP contribution in [0.2, 0.25) is 0 Å². The number of aromatic amines is 1. The number of hydrogen-bond acceptors (Lipinski definition) is 4. The van der Waals surface area contributed by atoms with Crippen LogP contribution in [-0.2, 0) is 0 Å². The van der Waals surface area contributed by atoms with Crippen molar-refractivity contribution in [1.82, 2.24) is 15.2 Å². The van der Waals surface area contributed by atoms with Gasteiger partial charge in [0.1, 0.15) is 5.82 Å². The average Bonchev–Trinajstić information content (AvgIpc) is 2.51. The molecule has 0 saturated heterocycles. The van der Waals surface area contributed by atoms with E-state index in [1.54, 1.807) is 6.07 Å². The molecule has 72 valence electrons. The van der Waals surface area contributed by atoms with Gasteiger partial charge in [-0.25, -0.2) is 4.39 Å². The third kappa shape index (κ3) is 1.26. The SMILES string of the molecule is Nc1n[nH]c(-c2c(N)cccc2F)n1. The van der Waals surface area contributed by atoms with Crippen molar-refractivity contribution >= 4 is 11.6 Å². The van der Waals surface area contributed by atoms with Gasteiger partial charge in [-0.3, -0.25) is 5.10 Å². The van der Waals surface area contributed by atoms with Gasteiger partial charge in [-0.15, -0.1) is 5.10 Å². The highest BCUT2D eigenvalue weighted by molar-refractivity contribution is 5.72. The number of nitrogens with zero attached hydrogens (tertiary/aromatic N) is 2. The minimum atomic E-state index is -0.457. The molecule has 6 heteroatoms. The van der Waals surface area contributed by atoms with Crippen LogP contribution in [-0.4, -0.2) is 15.2 Å². The minimum Gasteiger partial charge on any atom is -0.398 e. The highest BCUT2D eigenvalue weighted by Gasteiger charge is 2.12. The van der Waals surface area contributed by atoms with E-state index in [2.05, 4.69) is 15.2 Å². The van der Waals surface area contributed by atoms with Gasteiger partial charge >= 0.3 is 0 Å². The van der Waals surface area contributed by atoms with Crippen LogP contribution in [0.5, 0.6) is 0 Å². The van der Waals surface area contributed by atoms with E-state index >= 15 is 0 Å². The Labute approximate surface area is 79.0 Å². The molecule has 0 aliphatic heterocycles. The van der Waals surface area contributed by atoms with Crippen molar-refractivity contribution in [3.63, 3.8) is 0 Å². The summed E-state index contributed by atoms with van der Waals surface area (Å²) >= 11 is 0. The quantitative estimate of drug-likeness (QED) is 0.583. The van der Waals surface area contributed by atoms with E-state index in [4.69, 9.17) is 11.5 Å². The molecule has 14 heavy (non-hydrogen) atoms. The Morgan fingerprint density at radius 2 is 2.07 bits per heavy atom. The first-order valence-corrected chi connectivity index (χ1v) is 3.90. The summed E-state index contributed by atoms with van der Waals surface area (Å²) in [6.45, 7) is 0. The molecule has 0 fully saturated rings. The summed E-state index contributed by atoms with van der Waals surface area (Å²) in [4.78, 5) is 3.79. The van der Waals surface area contributed by atoms with Crippen LogP contribution in [0, 0.1) is 5.82 Å². The number of rotatable bonds is 1. The van der Waals surface area contributed by atoms with Gasteiger partial charge in [0, 0.05) is 5.69 Å². The number of benzene rings is 1. The lowest BCUT2D eigenvalue weighted by Crippen LogP contribution is -1.94. The van der Waals surface area contributed by atoms with Crippen molar-refractivity contribution in [2.24, 2.45) is 0 Å². The molecule has 0 radical (unpaired) electrons. The maximum atomic E-state index is 13.3. The second kappa shape index (κ2) is 2.99. The van der Waals surface area contributed by atoms with Crippen molar-refractivity contribution in [2.45, 2.75) is 0 Å². The van der Waals surface area contributed by atoms with E-state index in [0.29, 0.717) is 5.69 Å². The van der Waals surface area contributed by atoms with Crippen LogP contribution >= 0.6 is 0 Å². The largest absolute Gasteiger partial charge is 0.398 e. The van der Waals surface area contributed by atoms with Crippen LogP contribution in [0.1, 0.15) is 0 Å². The monoisotopic (exact) mass is 193 g/mol. The van der Waals surface area contributed by atoms with Gasteiger partial charge in [0.05, 0.1) is 5.56 Å². The zero-order chi connectivity index (χ0) is 10.1. The van der Waals surface area contributed by atoms with Crippen LogP contribution in [0.3, 0.4) is 0 Å². The Bertz CT molecular complexity index is 444. The molecular weight excluding hydrogens is 185 g/mol. The first-order chi connectivity index (χ1) is 6.68. The van der Waals surface area contributed by atoms with Gasteiger partial charge in [0.15, 0.2) is 5.82 Å². The summed E-state index contributed by atoms with van der Waals surface area (Å²) in [5.41, 5.74) is 11.4. The first kappa shape index (κ1) is 8.49. The van der Waals surface area contributed by atoms with Crippen molar-refractivity contribution in [3.05, 3.63) is 24.0 Å². The van der Waals surface area contributed by atoms with E-state index < -0.39 is 5.82 Å². The summed E-state index contributed by atoms with van der Waals surface area (Å²) in [5, 5.41) is 6.09. The number of H-pyrrole nitrogens is 1. The predicted octanol–water partition coefficient (Wildman–Crippen LogP) is 0.775. The Morgan fingerprint density at radius 1 is 1.29 bits per heavy atom. The standard InChI is InChI=1S/C8H8FN5/c9-4-2-1-3-5(10)6(4)7-12-8(11)14-13-7/h1-3H,10H2,(H3,11,12,13,14). The molecular formula is C8H8FN5. The number of halogens is 1. The van der Waals surface area contributed by atoms with Crippen molar-refractivity contribution < 1.29 is 4.39 Å².